The second-order valence-electron chi connectivity index (χ2n) is 7.80. The molecule has 0 N–H and O–H groups in total. The zero-order valence-corrected chi connectivity index (χ0v) is 16.4. The molecule has 4 rings (SSSR count). The minimum absolute atomic E-state index is 0.320. The molecule has 1 aromatic heterocycles. The standard InChI is InChI=1S/C21H28FN3O2/c1-14-6-4-5-9-25(14)16-11-24(12-16)13-20-15(2)27-21(23-20)18-10-17(26-3)7-8-19(18)22/h7-8,10,14,16H,4-6,9,11-13H2,1-3H3. The predicted molar refractivity (Wildman–Crippen MR) is 102 cm³/mol. The highest BCUT2D eigenvalue weighted by Gasteiger charge is 2.35. The van der Waals surface area contributed by atoms with Gasteiger partial charge in [-0.05, 0) is 51.4 Å². The first-order chi connectivity index (χ1) is 13.0. The van der Waals surface area contributed by atoms with Gasteiger partial charge in [0.15, 0.2) is 0 Å². The maximum absolute atomic E-state index is 14.2. The molecule has 5 nitrogen and oxygen atoms in total. The Kier molecular flexibility index (Phi) is 5.19. The quantitative estimate of drug-likeness (QED) is 0.796. The van der Waals surface area contributed by atoms with Crippen molar-refractivity contribution in [2.75, 3.05) is 26.7 Å². The van der Waals surface area contributed by atoms with Crippen molar-refractivity contribution in [1.82, 2.24) is 14.8 Å². The number of rotatable bonds is 5. The van der Waals surface area contributed by atoms with E-state index in [4.69, 9.17) is 9.15 Å². The van der Waals surface area contributed by atoms with Crippen LogP contribution >= 0.6 is 0 Å². The monoisotopic (exact) mass is 373 g/mol. The fourth-order valence-corrected chi connectivity index (χ4v) is 4.24. The Morgan fingerprint density at radius 3 is 2.85 bits per heavy atom. The summed E-state index contributed by atoms with van der Waals surface area (Å²) in [5, 5.41) is 0. The fraction of sp³-hybridized carbons (Fsp3) is 0.571. The molecule has 0 radical (unpaired) electrons. The third kappa shape index (κ3) is 3.73. The van der Waals surface area contributed by atoms with Gasteiger partial charge in [0.05, 0.1) is 18.4 Å². The van der Waals surface area contributed by atoms with E-state index in [0.717, 1.165) is 31.1 Å². The first-order valence-corrected chi connectivity index (χ1v) is 9.83. The highest BCUT2D eigenvalue weighted by atomic mass is 19.1. The summed E-state index contributed by atoms with van der Waals surface area (Å²) < 4.78 is 25.2. The summed E-state index contributed by atoms with van der Waals surface area (Å²) in [5.41, 5.74) is 1.23. The van der Waals surface area contributed by atoms with Crippen LogP contribution in [0, 0.1) is 12.7 Å². The number of aryl methyl sites for hydroxylation is 1. The molecule has 0 spiro atoms. The van der Waals surface area contributed by atoms with Gasteiger partial charge in [0.25, 0.3) is 0 Å². The largest absolute Gasteiger partial charge is 0.497 e. The molecule has 2 saturated heterocycles. The Labute approximate surface area is 160 Å². The first kappa shape index (κ1) is 18.4. The topological polar surface area (TPSA) is 41.7 Å². The van der Waals surface area contributed by atoms with Crippen LogP contribution in [-0.2, 0) is 6.54 Å². The summed E-state index contributed by atoms with van der Waals surface area (Å²) >= 11 is 0. The fourth-order valence-electron chi connectivity index (χ4n) is 4.24. The molecule has 2 aliphatic rings. The highest BCUT2D eigenvalue weighted by molar-refractivity contribution is 5.57. The van der Waals surface area contributed by atoms with E-state index in [1.165, 1.54) is 31.9 Å². The van der Waals surface area contributed by atoms with E-state index in [2.05, 4.69) is 21.7 Å². The molecule has 0 amide bonds. The number of hydrogen-bond acceptors (Lipinski definition) is 5. The van der Waals surface area contributed by atoms with Crippen LogP contribution in [0.3, 0.4) is 0 Å². The molecule has 3 heterocycles. The number of oxazole rings is 1. The van der Waals surface area contributed by atoms with E-state index in [1.54, 1.807) is 19.2 Å². The zero-order chi connectivity index (χ0) is 19.0. The number of likely N-dealkylation sites (tertiary alicyclic amines) is 2. The van der Waals surface area contributed by atoms with Crippen LogP contribution in [0.2, 0.25) is 0 Å². The maximum Gasteiger partial charge on any atom is 0.229 e. The van der Waals surface area contributed by atoms with Crippen molar-refractivity contribution in [3.05, 3.63) is 35.5 Å². The number of hydrogen-bond donors (Lipinski definition) is 0. The van der Waals surface area contributed by atoms with Crippen LogP contribution in [0.5, 0.6) is 5.75 Å². The molecule has 2 fully saturated rings. The lowest BCUT2D eigenvalue weighted by molar-refractivity contribution is -0.00685. The SMILES string of the molecule is COc1ccc(F)c(-c2nc(CN3CC(N4CCCCC4C)C3)c(C)o2)c1. The van der Waals surface area contributed by atoms with Crippen LogP contribution in [0.25, 0.3) is 11.5 Å². The summed E-state index contributed by atoms with van der Waals surface area (Å²) in [5.74, 6) is 1.30. The summed E-state index contributed by atoms with van der Waals surface area (Å²) in [6.07, 6.45) is 3.99. The average molecular weight is 373 g/mol. The van der Waals surface area contributed by atoms with Crippen LogP contribution in [-0.4, -0.2) is 53.6 Å². The summed E-state index contributed by atoms with van der Waals surface area (Å²) in [7, 11) is 1.56. The third-order valence-corrected chi connectivity index (χ3v) is 5.93. The summed E-state index contributed by atoms with van der Waals surface area (Å²) in [6.45, 7) is 8.35. The van der Waals surface area contributed by atoms with Crippen molar-refractivity contribution in [3.63, 3.8) is 0 Å². The Hall–Kier alpha value is -1.92. The number of methoxy groups -OCH3 is 1. The van der Waals surface area contributed by atoms with Gasteiger partial charge in [-0.1, -0.05) is 6.42 Å². The number of halogens is 1. The lowest BCUT2D eigenvalue weighted by Crippen LogP contribution is -2.61. The van der Waals surface area contributed by atoms with Gasteiger partial charge in [0.1, 0.15) is 17.3 Å². The number of ether oxygens (including phenoxy) is 1. The van der Waals surface area contributed by atoms with Gasteiger partial charge in [0.2, 0.25) is 5.89 Å². The van der Waals surface area contributed by atoms with E-state index in [9.17, 15) is 4.39 Å². The molecule has 27 heavy (non-hydrogen) atoms. The van der Waals surface area contributed by atoms with Crippen LogP contribution in [0.15, 0.2) is 22.6 Å². The second kappa shape index (κ2) is 7.60. The molecule has 0 bridgehead atoms. The van der Waals surface area contributed by atoms with E-state index in [1.807, 2.05) is 6.92 Å². The predicted octanol–water partition coefficient (Wildman–Crippen LogP) is 3.86. The molecule has 1 aromatic carbocycles. The van der Waals surface area contributed by atoms with Gasteiger partial charge in [-0.3, -0.25) is 9.80 Å². The van der Waals surface area contributed by atoms with Crippen LogP contribution in [0.1, 0.15) is 37.6 Å². The van der Waals surface area contributed by atoms with Crippen molar-refractivity contribution in [2.24, 2.45) is 0 Å². The Bertz CT molecular complexity index is 801. The molecule has 0 aliphatic carbocycles. The number of nitrogens with zero attached hydrogens (tertiary/aromatic N) is 3. The molecule has 2 aliphatic heterocycles. The molecule has 146 valence electrons. The highest BCUT2D eigenvalue weighted by Crippen LogP contribution is 2.30. The first-order valence-electron chi connectivity index (χ1n) is 9.83. The average Bonchev–Trinajstić information content (AvgIpc) is 2.99. The van der Waals surface area contributed by atoms with Crippen molar-refractivity contribution in [1.29, 1.82) is 0 Å². The van der Waals surface area contributed by atoms with Gasteiger partial charge in [0, 0.05) is 31.7 Å². The molecule has 1 atom stereocenters. The van der Waals surface area contributed by atoms with Crippen LogP contribution < -0.4 is 4.74 Å². The number of benzene rings is 1. The zero-order valence-electron chi connectivity index (χ0n) is 16.4. The molecule has 2 aromatic rings. The van der Waals surface area contributed by atoms with E-state index in [0.29, 0.717) is 29.3 Å². The minimum Gasteiger partial charge on any atom is -0.497 e. The molecular formula is C21H28FN3O2. The minimum atomic E-state index is -0.355. The van der Waals surface area contributed by atoms with Gasteiger partial charge in [-0.15, -0.1) is 0 Å². The van der Waals surface area contributed by atoms with Gasteiger partial charge < -0.3 is 9.15 Å². The Balaban J connectivity index is 1.42. The molecule has 6 heteroatoms. The van der Waals surface area contributed by atoms with Crippen molar-refractivity contribution < 1.29 is 13.5 Å². The maximum atomic E-state index is 14.2. The van der Waals surface area contributed by atoms with Crippen LogP contribution in [0.4, 0.5) is 4.39 Å². The molecular weight excluding hydrogens is 345 g/mol. The summed E-state index contributed by atoms with van der Waals surface area (Å²) in [4.78, 5) is 9.62. The van der Waals surface area contributed by atoms with Crippen molar-refractivity contribution in [3.8, 4) is 17.2 Å². The third-order valence-electron chi connectivity index (χ3n) is 5.93. The lowest BCUT2D eigenvalue weighted by atomic mass is 9.97. The second-order valence-corrected chi connectivity index (χ2v) is 7.80. The summed E-state index contributed by atoms with van der Waals surface area (Å²) in [6, 6.07) is 5.96. The number of piperidine rings is 1. The van der Waals surface area contributed by atoms with Gasteiger partial charge in [-0.25, -0.2) is 9.37 Å². The Morgan fingerprint density at radius 2 is 2.11 bits per heavy atom. The van der Waals surface area contributed by atoms with E-state index in [-0.39, 0.29) is 5.82 Å². The Morgan fingerprint density at radius 1 is 1.30 bits per heavy atom. The van der Waals surface area contributed by atoms with Gasteiger partial charge in [-0.2, -0.15) is 0 Å². The smallest absolute Gasteiger partial charge is 0.229 e. The number of aromatic nitrogens is 1. The van der Waals surface area contributed by atoms with Crippen molar-refractivity contribution in [2.45, 2.75) is 51.7 Å². The molecule has 1 unspecified atom stereocenters. The van der Waals surface area contributed by atoms with E-state index >= 15 is 0 Å². The van der Waals surface area contributed by atoms with Crippen molar-refractivity contribution >= 4 is 0 Å². The normalized spacial score (nSPS) is 22.0. The molecule has 0 saturated carbocycles. The van der Waals surface area contributed by atoms with E-state index < -0.39 is 0 Å². The lowest BCUT2D eigenvalue weighted by Gasteiger charge is -2.49. The van der Waals surface area contributed by atoms with Gasteiger partial charge >= 0.3 is 0 Å².